The van der Waals surface area contributed by atoms with E-state index in [4.69, 9.17) is 5.11 Å². The number of allylic oxidation sites excluding steroid dienone is 1. The number of benzene rings is 1. The molecule has 0 amide bonds. The number of carboxylic acids is 1. The lowest BCUT2D eigenvalue weighted by molar-refractivity contribution is 0.0690. The van der Waals surface area contributed by atoms with E-state index in [-0.39, 0.29) is 11.5 Å². The van der Waals surface area contributed by atoms with Gasteiger partial charge in [-0.05, 0) is 49.8 Å². The van der Waals surface area contributed by atoms with Crippen molar-refractivity contribution in [1.82, 2.24) is 14.9 Å². The molecule has 0 unspecified atom stereocenters. The average molecular weight is 369 g/mol. The van der Waals surface area contributed by atoms with Crippen LogP contribution in [0.15, 0.2) is 48.3 Å². The quantitative estimate of drug-likeness (QED) is 0.706. The summed E-state index contributed by atoms with van der Waals surface area (Å²) in [5, 5.41) is 8.95. The molecule has 1 heterocycles. The number of nitrogens with zero attached hydrogens (tertiary/aromatic N) is 3. The van der Waals surface area contributed by atoms with E-state index in [9.17, 15) is 9.18 Å². The molecule has 0 aliphatic heterocycles. The first-order valence-electron chi connectivity index (χ1n) is 9.29. The molecule has 142 valence electrons. The molecule has 0 saturated carbocycles. The van der Waals surface area contributed by atoms with Gasteiger partial charge < -0.3 is 5.11 Å². The van der Waals surface area contributed by atoms with Crippen LogP contribution in [0.4, 0.5) is 4.39 Å². The number of hydrogen-bond donors (Lipinski definition) is 1. The standard InChI is InChI=1S/C21H24FN3O2/c22-18-8-6-17(7-9-18)14-25(11-10-16-4-2-1-3-5-16)15-19-12-24-20(13-23-19)21(26)27/h4,6-9,12-13H,1-3,5,10-11,14-15H2,(H,26,27). The van der Waals surface area contributed by atoms with Crippen molar-refractivity contribution in [3.05, 3.63) is 71.1 Å². The Balaban J connectivity index is 1.68. The minimum Gasteiger partial charge on any atom is -0.476 e. The number of rotatable bonds is 8. The fourth-order valence-electron chi connectivity index (χ4n) is 3.27. The van der Waals surface area contributed by atoms with E-state index in [0.717, 1.165) is 37.1 Å². The van der Waals surface area contributed by atoms with Gasteiger partial charge in [0.1, 0.15) is 5.82 Å². The average Bonchev–Trinajstić information content (AvgIpc) is 2.69. The Morgan fingerprint density at radius 1 is 1.11 bits per heavy atom. The van der Waals surface area contributed by atoms with Crippen molar-refractivity contribution in [1.29, 1.82) is 0 Å². The van der Waals surface area contributed by atoms with E-state index in [1.165, 1.54) is 42.9 Å². The summed E-state index contributed by atoms with van der Waals surface area (Å²) < 4.78 is 13.2. The number of hydrogen-bond acceptors (Lipinski definition) is 4. The summed E-state index contributed by atoms with van der Waals surface area (Å²) in [7, 11) is 0. The molecule has 0 bridgehead atoms. The second-order valence-corrected chi connectivity index (χ2v) is 6.89. The predicted molar refractivity (Wildman–Crippen MR) is 101 cm³/mol. The smallest absolute Gasteiger partial charge is 0.356 e. The minimum atomic E-state index is -1.08. The van der Waals surface area contributed by atoms with Crippen molar-refractivity contribution in [3.63, 3.8) is 0 Å². The van der Waals surface area contributed by atoms with Gasteiger partial charge in [0.15, 0.2) is 5.69 Å². The van der Waals surface area contributed by atoms with Gasteiger partial charge in [0.2, 0.25) is 0 Å². The third-order valence-electron chi connectivity index (χ3n) is 4.76. The van der Waals surface area contributed by atoms with Crippen LogP contribution in [-0.4, -0.2) is 32.5 Å². The van der Waals surface area contributed by atoms with Gasteiger partial charge in [0.05, 0.1) is 18.1 Å². The fraction of sp³-hybridized carbons (Fsp3) is 0.381. The summed E-state index contributed by atoms with van der Waals surface area (Å²) in [6, 6.07) is 6.53. The van der Waals surface area contributed by atoms with E-state index in [1.54, 1.807) is 12.1 Å². The summed E-state index contributed by atoms with van der Waals surface area (Å²) in [5.41, 5.74) is 3.19. The highest BCUT2D eigenvalue weighted by molar-refractivity contribution is 5.84. The van der Waals surface area contributed by atoms with Crippen molar-refractivity contribution >= 4 is 5.97 Å². The van der Waals surface area contributed by atoms with Crippen molar-refractivity contribution in [3.8, 4) is 0 Å². The van der Waals surface area contributed by atoms with Crippen LogP contribution in [0.1, 0.15) is 53.8 Å². The molecule has 5 nitrogen and oxygen atoms in total. The van der Waals surface area contributed by atoms with Crippen LogP contribution in [0.2, 0.25) is 0 Å². The molecule has 2 aromatic rings. The molecule has 1 aliphatic carbocycles. The van der Waals surface area contributed by atoms with Crippen LogP contribution in [-0.2, 0) is 13.1 Å². The van der Waals surface area contributed by atoms with Crippen LogP contribution >= 0.6 is 0 Å². The Labute approximate surface area is 158 Å². The van der Waals surface area contributed by atoms with E-state index in [2.05, 4.69) is 20.9 Å². The van der Waals surface area contributed by atoms with Gasteiger partial charge in [0, 0.05) is 19.6 Å². The molecule has 0 spiro atoms. The molecule has 0 atom stereocenters. The van der Waals surface area contributed by atoms with Gasteiger partial charge in [-0.1, -0.05) is 23.8 Å². The topological polar surface area (TPSA) is 66.3 Å². The summed E-state index contributed by atoms with van der Waals surface area (Å²) in [6.45, 7) is 2.11. The zero-order chi connectivity index (χ0) is 19.1. The molecular formula is C21H24FN3O2. The summed E-state index contributed by atoms with van der Waals surface area (Å²) in [6.07, 6.45) is 11.0. The first-order chi connectivity index (χ1) is 13.1. The van der Waals surface area contributed by atoms with Gasteiger partial charge in [-0.2, -0.15) is 0 Å². The number of halogens is 1. The Morgan fingerprint density at radius 2 is 1.93 bits per heavy atom. The molecule has 1 N–H and O–H groups in total. The summed E-state index contributed by atoms with van der Waals surface area (Å²) in [5.74, 6) is -1.32. The van der Waals surface area contributed by atoms with E-state index in [0.29, 0.717) is 13.1 Å². The Morgan fingerprint density at radius 3 is 2.56 bits per heavy atom. The number of aromatic nitrogens is 2. The molecule has 1 aromatic carbocycles. The molecule has 6 heteroatoms. The van der Waals surface area contributed by atoms with Crippen LogP contribution in [0.5, 0.6) is 0 Å². The van der Waals surface area contributed by atoms with Gasteiger partial charge in [-0.3, -0.25) is 9.88 Å². The van der Waals surface area contributed by atoms with E-state index < -0.39 is 5.97 Å². The lowest BCUT2D eigenvalue weighted by Gasteiger charge is -2.23. The lowest BCUT2D eigenvalue weighted by Crippen LogP contribution is -2.25. The fourth-order valence-corrected chi connectivity index (χ4v) is 3.27. The van der Waals surface area contributed by atoms with Crippen LogP contribution in [0, 0.1) is 5.82 Å². The van der Waals surface area contributed by atoms with Crippen molar-refractivity contribution < 1.29 is 14.3 Å². The number of aromatic carboxylic acids is 1. The van der Waals surface area contributed by atoms with Crippen molar-refractivity contribution in [2.24, 2.45) is 0 Å². The monoisotopic (exact) mass is 369 g/mol. The van der Waals surface area contributed by atoms with Crippen LogP contribution in [0.3, 0.4) is 0 Å². The third kappa shape index (κ3) is 5.96. The number of carboxylic acid groups (broad SMARTS) is 1. The molecule has 0 saturated heterocycles. The second kappa shape index (κ2) is 9.37. The largest absolute Gasteiger partial charge is 0.476 e. The first-order valence-corrected chi connectivity index (χ1v) is 9.29. The maximum absolute atomic E-state index is 13.2. The Kier molecular flexibility index (Phi) is 6.65. The van der Waals surface area contributed by atoms with Crippen molar-refractivity contribution in [2.45, 2.75) is 45.2 Å². The molecule has 0 radical (unpaired) electrons. The number of carbonyl (C=O) groups is 1. The Hall–Kier alpha value is -2.60. The first kappa shape index (κ1) is 19.2. The zero-order valence-electron chi connectivity index (χ0n) is 15.3. The van der Waals surface area contributed by atoms with Gasteiger partial charge in [-0.25, -0.2) is 14.2 Å². The molecule has 1 aliphatic rings. The summed E-state index contributed by atoms with van der Waals surface area (Å²) >= 11 is 0. The molecule has 3 rings (SSSR count). The molecular weight excluding hydrogens is 345 g/mol. The highest BCUT2D eigenvalue weighted by Gasteiger charge is 2.12. The van der Waals surface area contributed by atoms with Crippen molar-refractivity contribution in [2.75, 3.05) is 6.54 Å². The molecule has 0 fully saturated rings. The second-order valence-electron chi connectivity index (χ2n) is 6.89. The van der Waals surface area contributed by atoms with Gasteiger partial charge in [0.25, 0.3) is 0 Å². The molecule has 1 aromatic heterocycles. The van der Waals surface area contributed by atoms with E-state index >= 15 is 0 Å². The van der Waals surface area contributed by atoms with Crippen LogP contribution in [0.25, 0.3) is 0 Å². The maximum atomic E-state index is 13.2. The minimum absolute atomic E-state index is 0.0591. The maximum Gasteiger partial charge on any atom is 0.356 e. The van der Waals surface area contributed by atoms with E-state index in [1.807, 2.05) is 0 Å². The zero-order valence-corrected chi connectivity index (χ0v) is 15.3. The predicted octanol–water partition coefficient (Wildman–Crippen LogP) is 4.21. The van der Waals surface area contributed by atoms with Gasteiger partial charge >= 0.3 is 5.97 Å². The molecule has 27 heavy (non-hydrogen) atoms. The SMILES string of the molecule is O=C(O)c1cnc(CN(CCC2=CCCCC2)Cc2ccc(F)cc2)cn1. The highest BCUT2D eigenvalue weighted by Crippen LogP contribution is 2.21. The normalized spacial score (nSPS) is 14.2. The third-order valence-corrected chi connectivity index (χ3v) is 4.76. The van der Waals surface area contributed by atoms with Gasteiger partial charge in [-0.15, -0.1) is 0 Å². The van der Waals surface area contributed by atoms with Crippen LogP contribution < -0.4 is 0 Å². The highest BCUT2D eigenvalue weighted by atomic mass is 19.1. The lowest BCUT2D eigenvalue weighted by atomic mass is 9.97. The Bertz CT molecular complexity index is 788. The summed E-state index contributed by atoms with van der Waals surface area (Å²) in [4.78, 5) is 21.4.